The van der Waals surface area contributed by atoms with Crippen molar-refractivity contribution in [3.05, 3.63) is 65.3 Å². The molecule has 0 aliphatic heterocycles. The summed E-state index contributed by atoms with van der Waals surface area (Å²) >= 11 is 0. The van der Waals surface area contributed by atoms with Gasteiger partial charge in [0.2, 0.25) is 0 Å². The van der Waals surface area contributed by atoms with E-state index in [4.69, 9.17) is 10.4 Å². The molecule has 3 heteroatoms. The van der Waals surface area contributed by atoms with Gasteiger partial charge in [0.1, 0.15) is 11.6 Å². The number of carboxylic acid groups (broad SMARTS) is 1. The van der Waals surface area contributed by atoms with Crippen molar-refractivity contribution in [2.75, 3.05) is 0 Å². The maximum absolute atomic E-state index is 10.6. The van der Waals surface area contributed by atoms with Crippen LogP contribution in [0.15, 0.2) is 54.1 Å². The molecular weight excluding hydrogens is 250 g/mol. The third kappa shape index (κ3) is 5.36. The summed E-state index contributed by atoms with van der Waals surface area (Å²) in [5.41, 5.74) is 2.12. The Labute approximate surface area is 119 Å². The fraction of sp³-hybridized carbons (Fsp3) is 0.176. The van der Waals surface area contributed by atoms with Gasteiger partial charge in [-0.2, -0.15) is 5.26 Å². The number of nitrogens with zero attached hydrogens (tertiary/aromatic N) is 1. The van der Waals surface area contributed by atoms with Crippen molar-refractivity contribution >= 4 is 12.0 Å². The van der Waals surface area contributed by atoms with Crippen molar-refractivity contribution in [2.24, 2.45) is 0 Å². The molecule has 0 aliphatic carbocycles. The van der Waals surface area contributed by atoms with Gasteiger partial charge in [-0.1, -0.05) is 61.9 Å². The highest BCUT2D eigenvalue weighted by Gasteiger charge is 2.01. The van der Waals surface area contributed by atoms with Crippen LogP contribution in [0.1, 0.15) is 24.5 Å². The molecule has 0 radical (unpaired) electrons. The molecule has 1 aromatic carbocycles. The Morgan fingerprint density at radius 1 is 1.25 bits per heavy atom. The van der Waals surface area contributed by atoms with E-state index in [1.165, 1.54) is 17.7 Å². The third-order valence-electron chi connectivity index (χ3n) is 2.64. The molecule has 102 valence electrons. The third-order valence-corrected chi connectivity index (χ3v) is 2.64. The van der Waals surface area contributed by atoms with Gasteiger partial charge in [0.25, 0.3) is 0 Å². The van der Waals surface area contributed by atoms with Gasteiger partial charge in [-0.05, 0) is 23.6 Å². The van der Waals surface area contributed by atoms with Crippen LogP contribution in [-0.4, -0.2) is 11.1 Å². The summed E-state index contributed by atoms with van der Waals surface area (Å²) in [5.74, 6) is -1.22. The Kier molecular flexibility index (Phi) is 6.56. The molecule has 0 fully saturated rings. The fourth-order valence-corrected chi connectivity index (χ4v) is 1.62. The Morgan fingerprint density at radius 3 is 2.50 bits per heavy atom. The van der Waals surface area contributed by atoms with Crippen LogP contribution >= 0.6 is 0 Å². The Bertz CT molecular complexity index is 572. The Balaban J connectivity index is 2.61. The minimum absolute atomic E-state index is 0.279. The first kappa shape index (κ1) is 15.5. The van der Waals surface area contributed by atoms with Gasteiger partial charge < -0.3 is 5.11 Å². The van der Waals surface area contributed by atoms with Gasteiger partial charge in [0, 0.05) is 0 Å². The molecular formula is C17H17NO2. The highest BCUT2D eigenvalue weighted by Crippen LogP contribution is 2.08. The van der Waals surface area contributed by atoms with Gasteiger partial charge in [0.15, 0.2) is 0 Å². The molecule has 1 rings (SSSR count). The van der Waals surface area contributed by atoms with Crippen molar-refractivity contribution in [2.45, 2.75) is 19.8 Å². The number of aliphatic carboxylic acids is 1. The zero-order chi connectivity index (χ0) is 14.8. The molecule has 0 atom stereocenters. The molecule has 0 saturated carbocycles. The maximum Gasteiger partial charge on any atom is 0.346 e. The average molecular weight is 267 g/mol. The lowest BCUT2D eigenvalue weighted by atomic mass is 10.1. The van der Waals surface area contributed by atoms with E-state index in [9.17, 15) is 4.79 Å². The molecule has 0 heterocycles. The monoisotopic (exact) mass is 267 g/mol. The van der Waals surface area contributed by atoms with Crippen LogP contribution in [0.5, 0.6) is 0 Å². The summed E-state index contributed by atoms with van der Waals surface area (Å²) in [5, 5.41) is 17.2. The van der Waals surface area contributed by atoms with E-state index in [0.717, 1.165) is 18.4 Å². The Morgan fingerprint density at radius 2 is 1.95 bits per heavy atom. The number of carbonyl (C=O) groups is 1. The zero-order valence-electron chi connectivity index (χ0n) is 11.4. The number of benzene rings is 1. The Hall–Kier alpha value is -2.60. The quantitative estimate of drug-likeness (QED) is 0.485. The lowest BCUT2D eigenvalue weighted by molar-refractivity contribution is -0.132. The lowest BCUT2D eigenvalue weighted by Crippen LogP contribution is -1.96. The van der Waals surface area contributed by atoms with Gasteiger partial charge in [-0.15, -0.1) is 0 Å². The number of aryl methyl sites for hydroxylation is 1. The van der Waals surface area contributed by atoms with Crippen LogP contribution in [0, 0.1) is 11.3 Å². The van der Waals surface area contributed by atoms with Crippen molar-refractivity contribution in [1.29, 1.82) is 5.26 Å². The first-order valence-electron chi connectivity index (χ1n) is 6.44. The summed E-state index contributed by atoms with van der Waals surface area (Å²) in [6, 6.07) is 9.91. The standard InChI is InChI=1S/C17H17NO2/c1-2-6-14-9-11-15(12-10-14)7-4-3-5-8-16(13-18)17(19)20/h3-5,7-12H,2,6H2,1H3,(H,19,20). The van der Waals surface area contributed by atoms with E-state index < -0.39 is 5.97 Å². The number of hydrogen-bond donors (Lipinski definition) is 1. The number of hydrogen-bond acceptors (Lipinski definition) is 2. The summed E-state index contributed by atoms with van der Waals surface area (Å²) < 4.78 is 0. The highest BCUT2D eigenvalue weighted by molar-refractivity contribution is 5.91. The topological polar surface area (TPSA) is 61.1 Å². The SMILES string of the molecule is CCCc1ccc(C=CC=CC=C(C#N)C(=O)O)cc1. The maximum atomic E-state index is 10.6. The molecule has 0 aliphatic rings. The summed E-state index contributed by atoms with van der Waals surface area (Å²) in [6.45, 7) is 2.15. The molecule has 3 nitrogen and oxygen atoms in total. The van der Waals surface area contributed by atoms with Gasteiger partial charge in [-0.3, -0.25) is 0 Å². The number of carboxylic acids is 1. The van der Waals surface area contributed by atoms with E-state index in [1.807, 2.05) is 24.3 Å². The average Bonchev–Trinajstić information content (AvgIpc) is 2.44. The minimum Gasteiger partial charge on any atom is -0.477 e. The molecule has 0 saturated heterocycles. The van der Waals surface area contributed by atoms with Crippen molar-refractivity contribution in [1.82, 2.24) is 0 Å². The molecule has 0 amide bonds. The lowest BCUT2D eigenvalue weighted by Gasteiger charge is -1.98. The van der Waals surface area contributed by atoms with E-state index in [2.05, 4.69) is 19.1 Å². The summed E-state index contributed by atoms with van der Waals surface area (Å²) in [7, 11) is 0. The van der Waals surface area contributed by atoms with E-state index in [-0.39, 0.29) is 5.57 Å². The molecule has 0 spiro atoms. The van der Waals surface area contributed by atoms with E-state index >= 15 is 0 Å². The molecule has 1 N–H and O–H groups in total. The molecule has 0 bridgehead atoms. The smallest absolute Gasteiger partial charge is 0.346 e. The normalized spacial score (nSPS) is 11.9. The first-order chi connectivity index (χ1) is 9.67. The number of rotatable bonds is 6. The van der Waals surface area contributed by atoms with Crippen molar-refractivity contribution in [3.8, 4) is 6.07 Å². The van der Waals surface area contributed by atoms with E-state index in [1.54, 1.807) is 12.1 Å². The second kappa shape index (κ2) is 8.49. The second-order valence-electron chi connectivity index (χ2n) is 4.23. The van der Waals surface area contributed by atoms with E-state index in [0.29, 0.717) is 0 Å². The largest absolute Gasteiger partial charge is 0.477 e. The van der Waals surface area contributed by atoms with Crippen LogP contribution in [0.4, 0.5) is 0 Å². The van der Waals surface area contributed by atoms with Crippen LogP contribution in [0.25, 0.3) is 6.08 Å². The summed E-state index contributed by atoms with van der Waals surface area (Å²) in [6.07, 6.45) is 10.5. The van der Waals surface area contributed by atoms with Crippen LogP contribution in [-0.2, 0) is 11.2 Å². The predicted molar refractivity (Wildman–Crippen MR) is 79.9 cm³/mol. The first-order valence-corrected chi connectivity index (χ1v) is 6.44. The fourth-order valence-electron chi connectivity index (χ4n) is 1.62. The number of nitriles is 1. The van der Waals surface area contributed by atoms with Crippen molar-refractivity contribution in [3.63, 3.8) is 0 Å². The molecule has 1 aromatic rings. The van der Waals surface area contributed by atoms with Crippen molar-refractivity contribution < 1.29 is 9.90 Å². The second-order valence-corrected chi connectivity index (χ2v) is 4.23. The minimum atomic E-state index is -1.22. The number of allylic oxidation sites excluding steroid dienone is 4. The van der Waals surface area contributed by atoms with Crippen LogP contribution in [0.3, 0.4) is 0 Å². The van der Waals surface area contributed by atoms with Gasteiger partial charge in [0.05, 0.1) is 0 Å². The predicted octanol–water partition coefficient (Wildman–Crippen LogP) is 3.74. The summed E-state index contributed by atoms with van der Waals surface area (Å²) in [4.78, 5) is 10.6. The van der Waals surface area contributed by atoms with Gasteiger partial charge in [-0.25, -0.2) is 4.79 Å². The highest BCUT2D eigenvalue weighted by atomic mass is 16.4. The molecule has 0 unspecified atom stereocenters. The zero-order valence-corrected chi connectivity index (χ0v) is 11.4. The van der Waals surface area contributed by atoms with Crippen LogP contribution < -0.4 is 0 Å². The van der Waals surface area contributed by atoms with Crippen LogP contribution in [0.2, 0.25) is 0 Å². The molecule has 0 aromatic heterocycles. The van der Waals surface area contributed by atoms with Gasteiger partial charge >= 0.3 is 5.97 Å². The molecule has 20 heavy (non-hydrogen) atoms.